The van der Waals surface area contributed by atoms with E-state index in [-0.39, 0.29) is 17.2 Å². The maximum Gasteiger partial charge on any atom is 0.246 e. The van der Waals surface area contributed by atoms with Crippen molar-refractivity contribution in [2.75, 3.05) is 6.54 Å². The second-order valence-electron chi connectivity index (χ2n) is 7.74. The maximum atomic E-state index is 13.0. The summed E-state index contributed by atoms with van der Waals surface area (Å²) in [7, 11) is 0. The number of hydrogen-bond donors (Lipinski definition) is 1. The quantitative estimate of drug-likeness (QED) is 0.795. The molecule has 21 heavy (non-hydrogen) atoms. The number of nitrogens with zero attached hydrogens (tertiary/aromatic N) is 1. The Morgan fingerprint density at radius 1 is 1.29 bits per heavy atom. The number of nitrogens with one attached hydrogen (secondary N) is 1. The number of carbonyl (C=O) groups excluding carboxylic acids is 2. The Morgan fingerprint density at radius 2 is 1.86 bits per heavy atom. The van der Waals surface area contributed by atoms with E-state index in [1.54, 1.807) is 0 Å². The van der Waals surface area contributed by atoms with Crippen LogP contribution in [0.25, 0.3) is 0 Å². The summed E-state index contributed by atoms with van der Waals surface area (Å²) in [6.45, 7) is 10.6. The van der Waals surface area contributed by atoms with E-state index >= 15 is 0 Å². The number of amides is 2. The minimum Gasteiger partial charge on any atom is -0.342 e. The van der Waals surface area contributed by atoms with Crippen molar-refractivity contribution in [2.45, 2.75) is 71.9 Å². The summed E-state index contributed by atoms with van der Waals surface area (Å²) >= 11 is 0. The average molecular weight is 292 g/mol. The molecule has 1 saturated heterocycles. The van der Waals surface area contributed by atoms with Crippen LogP contribution in [-0.2, 0) is 9.59 Å². The fourth-order valence-corrected chi connectivity index (χ4v) is 3.40. The van der Waals surface area contributed by atoms with Crippen LogP contribution in [0.5, 0.6) is 0 Å². The van der Waals surface area contributed by atoms with Gasteiger partial charge in [0.15, 0.2) is 0 Å². The Labute approximate surface area is 128 Å². The highest BCUT2D eigenvalue weighted by Gasteiger charge is 2.55. The Hall–Kier alpha value is -1.32. The van der Waals surface area contributed by atoms with Crippen molar-refractivity contribution in [1.29, 1.82) is 0 Å². The Balaban J connectivity index is 2.37. The normalized spacial score (nSPS) is 25.2. The molecule has 2 rings (SSSR count). The molecule has 0 aromatic rings. The van der Waals surface area contributed by atoms with Crippen LogP contribution in [-0.4, -0.2) is 34.8 Å². The van der Waals surface area contributed by atoms with Crippen molar-refractivity contribution < 1.29 is 9.59 Å². The Morgan fingerprint density at radius 3 is 2.33 bits per heavy atom. The molecule has 1 spiro atoms. The van der Waals surface area contributed by atoms with E-state index in [9.17, 15) is 9.59 Å². The van der Waals surface area contributed by atoms with Crippen molar-refractivity contribution in [2.24, 2.45) is 5.41 Å². The van der Waals surface area contributed by atoms with Crippen molar-refractivity contribution >= 4 is 11.8 Å². The van der Waals surface area contributed by atoms with Crippen LogP contribution in [0.4, 0.5) is 0 Å². The molecule has 1 heterocycles. The maximum absolute atomic E-state index is 13.0. The molecular formula is C17H28N2O2. The highest BCUT2D eigenvalue weighted by atomic mass is 16.2. The zero-order chi connectivity index (χ0) is 15.8. The van der Waals surface area contributed by atoms with Gasteiger partial charge in [-0.1, -0.05) is 45.3 Å². The van der Waals surface area contributed by atoms with Gasteiger partial charge in [-0.3, -0.25) is 9.59 Å². The molecule has 118 valence electrons. The highest BCUT2D eigenvalue weighted by molar-refractivity contribution is 6.00. The van der Waals surface area contributed by atoms with Crippen molar-refractivity contribution in [3.05, 3.63) is 11.6 Å². The molecule has 4 heteroatoms. The molecule has 1 N–H and O–H groups in total. The van der Waals surface area contributed by atoms with Gasteiger partial charge in [0.1, 0.15) is 11.6 Å². The molecule has 0 aromatic heterocycles. The predicted octanol–water partition coefficient (Wildman–Crippen LogP) is 2.64. The van der Waals surface area contributed by atoms with E-state index in [1.165, 1.54) is 5.57 Å². The van der Waals surface area contributed by atoms with E-state index in [0.29, 0.717) is 6.54 Å². The number of rotatable bonds is 2. The van der Waals surface area contributed by atoms with Crippen molar-refractivity contribution in [3.8, 4) is 0 Å². The van der Waals surface area contributed by atoms with Crippen LogP contribution in [0.2, 0.25) is 0 Å². The second-order valence-corrected chi connectivity index (χ2v) is 7.74. The fourth-order valence-electron chi connectivity index (χ4n) is 3.40. The first-order chi connectivity index (χ1) is 9.68. The molecule has 1 aliphatic carbocycles. The zero-order valence-electron chi connectivity index (χ0n) is 14.0. The van der Waals surface area contributed by atoms with E-state index in [2.05, 4.69) is 11.4 Å². The van der Waals surface area contributed by atoms with E-state index in [0.717, 1.165) is 25.7 Å². The van der Waals surface area contributed by atoms with Gasteiger partial charge in [-0.25, -0.2) is 0 Å². The molecular weight excluding hydrogens is 264 g/mol. The van der Waals surface area contributed by atoms with Gasteiger partial charge in [0.05, 0.1) is 0 Å². The Kier molecular flexibility index (Phi) is 4.18. The van der Waals surface area contributed by atoms with Crippen LogP contribution >= 0.6 is 0 Å². The molecule has 1 aliphatic heterocycles. The van der Waals surface area contributed by atoms with Gasteiger partial charge in [0.25, 0.3) is 0 Å². The summed E-state index contributed by atoms with van der Waals surface area (Å²) in [6.07, 6.45) is 5.67. The first-order valence-electron chi connectivity index (χ1n) is 7.94. The predicted molar refractivity (Wildman–Crippen MR) is 83.7 cm³/mol. The van der Waals surface area contributed by atoms with Gasteiger partial charge in [0, 0.05) is 6.54 Å². The zero-order valence-corrected chi connectivity index (χ0v) is 14.0. The van der Waals surface area contributed by atoms with Crippen LogP contribution in [0, 0.1) is 5.41 Å². The van der Waals surface area contributed by atoms with Crippen molar-refractivity contribution in [3.63, 3.8) is 0 Å². The molecule has 2 amide bonds. The van der Waals surface area contributed by atoms with Gasteiger partial charge in [-0.05, 0) is 32.1 Å². The number of carbonyl (C=O) groups is 2. The minimum atomic E-state index is -0.606. The molecule has 1 saturated carbocycles. The largest absolute Gasteiger partial charge is 0.342 e. The lowest BCUT2D eigenvalue weighted by Crippen LogP contribution is -2.72. The smallest absolute Gasteiger partial charge is 0.246 e. The van der Waals surface area contributed by atoms with Gasteiger partial charge in [-0.2, -0.15) is 0 Å². The van der Waals surface area contributed by atoms with E-state index in [4.69, 9.17) is 0 Å². The van der Waals surface area contributed by atoms with Crippen LogP contribution < -0.4 is 5.32 Å². The molecule has 1 unspecified atom stereocenters. The second kappa shape index (κ2) is 5.47. The summed E-state index contributed by atoms with van der Waals surface area (Å²) in [5.41, 5.74) is 0.301. The van der Waals surface area contributed by atoms with Crippen LogP contribution in [0.15, 0.2) is 11.6 Å². The molecule has 0 bridgehead atoms. The van der Waals surface area contributed by atoms with E-state index < -0.39 is 11.6 Å². The molecule has 2 fully saturated rings. The summed E-state index contributed by atoms with van der Waals surface area (Å²) < 4.78 is 0. The first kappa shape index (κ1) is 16.1. The Bertz CT molecular complexity index is 464. The third-order valence-corrected chi connectivity index (χ3v) is 4.71. The van der Waals surface area contributed by atoms with E-state index in [1.807, 2.05) is 39.5 Å². The molecule has 1 atom stereocenters. The highest BCUT2D eigenvalue weighted by Crippen LogP contribution is 2.40. The molecule has 2 aliphatic rings. The third kappa shape index (κ3) is 2.85. The number of hydrogen-bond acceptors (Lipinski definition) is 2. The summed E-state index contributed by atoms with van der Waals surface area (Å²) in [5, 5.41) is 3.01. The lowest BCUT2D eigenvalue weighted by Gasteiger charge is -2.49. The summed E-state index contributed by atoms with van der Waals surface area (Å²) in [6, 6.07) is -0.429. The topological polar surface area (TPSA) is 49.4 Å². The number of allylic oxidation sites excluding steroid dienone is 1. The van der Waals surface area contributed by atoms with Gasteiger partial charge in [0.2, 0.25) is 11.8 Å². The van der Waals surface area contributed by atoms with Gasteiger partial charge < -0.3 is 10.2 Å². The average Bonchev–Trinajstić information content (AvgIpc) is 2.82. The fraction of sp³-hybridized carbons (Fsp3) is 0.765. The lowest BCUT2D eigenvalue weighted by molar-refractivity contribution is -0.159. The van der Waals surface area contributed by atoms with Crippen molar-refractivity contribution in [1.82, 2.24) is 10.2 Å². The SMILES string of the molecule is CC(C)=CCN1C(=O)C(C(C)(C)C)NC(=O)C12CCCC2. The lowest BCUT2D eigenvalue weighted by atomic mass is 9.80. The first-order valence-corrected chi connectivity index (χ1v) is 7.94. The van der Waals surface area contributed by atoms with Gasteiger partial charge >= 0.3 is 0 Å². The summed E-state index contributed by atoms with van der Waals surface area (Å²) in [4.78, 5) is 27.6. The standard InChI is InChI=1S/C17H28N2O2/c1-12(2)8-11-19-14(20)13(16(3,4)5)18-15(21)17(19)9-6-7-10-17/h8,13H,6-7,9-11H2,1-5H3,(H,18,21). The monoisotopic (exact) mass is 292 g/mol. The number of piperazine rings is 1. The minimum absolute atomic E-state index is 0.0432. The third-order valence-electron chi connectivity index (χ3n) is 4.71. The molecule has 0 aromatic carbocycles. The molecule has 4 nitrogen and oxygen atoms in total. The van der Waals surface area contributed by atoms with Gasteiger partial charge in [-0.15, -0.1) is 0 Å². The molecule has 0 radical (unpaired) electrons. The summed E-state index contributed by atoms with van der Waals surface area (Å²) in [5.74, 6) is 0.114. The van der Waals surface area contributed by atoms with Crippen LogP contribution in [0.1, 0.15) is 60.3 Å². The van der Waals surface area contributed by atoms with Crippen LogP contribution in [0.3, 0.4) is 0 Å².